The van der Waals surface area contributed by atoms with Gasteiger partial charge in [0, 0.05) is 29.8 Å². The van der Waals surface area contributed by atoms with E-state index in [2.05, 4.69) is 44.8 Å². The Balaban J connectivity index is 1.58. The summed E-state index contributed by atoms with van der Waals surface area (Å²) in [6.07, 6.45) is 0. The van der Waals surface area contributed by atoms with E-state index in [1.807, 2.05) is 5.51 Å². The summed E-state index contributed by atoms with van der Waals surface area (Å²) in [5.41, 5.74) is 5.34. The largest absolute Gasteiger partial charge is 0.379 e. The van der Waals surface area contributed by atoms with Crippen molar-refractivity contribution in [2.24, 2.45) is 0 Å². The summed E-state index contributed by atoms with van der Waals surface area (Å²) >= 11 is 1.63. The molecule has 1 aliphatic heterocycles. The van der Waals surface area contributed by atoms with Gasteiger partial charge in [-0.25, -0.2) is 4.98 Å². The van der Waals surface area contributed by atoms with E-state index in [0.717, 1.165) is 44.2 Å². The molecule has 19 heavy (non-hydrogen) atoms. The first-order valence-corrected chi connectivity index (χ1v) is 7.40. The SMILES string of the molecule is c1nc(CNc2ccc(N3CCOCC3)cc2)cs1. The first-order chi connectivity index (χ1) is 9.42. The van der Waals surface area contributed by atoms with E-state index in [-0.39, 0.29) is 0 Å². The molecule has 4 nitrogen and oxygen atoms in total. The number of nitrogens with one attached hydrogen (secondary N) is 1. The lowest BCUT2D eigenvalue weighted by Crippen LogP contribution is -2.36. The molecule has 0 amide bonds. The van der Waals surface area contributed by atoms with E-state index in [0.29, 0.717) is 0 Å². The number of morpholine rings is 1. The Bertz CT molecular complexity index is 492. The smallest absolute Gasteiger partial charge is 0.0795 e. The highest BCUT2D eigenvalue weighted by molar-refractivity contribution is 7.07. The maximum absolute atomic E-state index is 5.36. The Hall–Kier alpha value is -1.59. The van der Waals surface area contributed by atoms with E-state index in [4.69, 9.17) is 4.74 Å². The average Bonchev–Trinajstić information content (AvgIpc) is 3.00. The van der Waals surface area contributed by atoms with Gasteiger partial charge in [-0.2, -0.15) is 0 Å². The molecule has 2 aromatic rings. The molecule has 1 N–H and O–H groups in total. The van der Waals surface area contributed by atoms with E-state index >= 15 is 0 Å². The molecule has 0 unspecified atom stereocenters. The molecule has 0 atom stereocenters. The van der Waals surface area contributed by atoms with Crippen LogP contribution in [-0.4, -0.2) is 31.3 Å². The second-order valence-electron chi connectivity index (χ2n) is 4.48. The average molecular weight is 275 g/mol. The monoisotopic (exact) mass is 275 g/mol. The Kier molecular flexibility index (Phi) is 3.95. The van der Waals surface area contributed by atoms with Gasteiger partial charge < -0.3 is 15.0 Å². The molecule has 1 aliphatic rings. The fourth-order valence-corrected chi connectivity index (χ4v) is 2.69. The van der Waals surface area contributed by atoms with Crippen LogP contribution < -0.4 is 10.2 Å². The molecule has 0 spiro atoms. The van der Waals surface area contributed by atoms with E-state index in [1.165, 1.54) is 5.69 Å². The van der Waals surface area contributed by atoms with E-state index in [1.54, 1.807) is 11.3 Å². The van der Waals surface area contributed by atoms with Crippen LogP contribution >= 0.6 is 11.3 Å². The Morgan fingerprint density at radius 2 is 2.00 bits per heavy atom. The van der Waals surface area contributed by atoms with Crippen LogP contribution in [0.3, 0.4) is 0 Å². The van der Waals surface area contributed by atoms with Crippen molar-refractivity contribution in [1.29, 1.82) is 0 Å². The maximum Gasteiger partial charge on any atom is 0.0795 e. The molecular weight excluding hydrogens is 258 g/mol. The van der Waals surface area contributed by atoms with Gasteiger partial charge in [0.2, 0.25) is 0 Å². The summed E-state index contributed by atoms with van der Waals surface area (Å²) < 4.78 is 5.36. The van der Waals surface area contributed by atoms with Crippen LogP contribution in [0.25, 0.3) is 0 Å². The lowest BCUT2D eigenvalue weighted by Gasteiger charge is -2.28. The third-order valence-electron chi connectivity index (χ3n) is 3.20. The zero-order valence-corrected chi connectivity index (χ0v) is 11.5. The topological polar surface area (TPSA) is 37.4 Å². The number of nitrogens with zero attached hydrogens (tertiary/aromatic N) is 2. The Labute approximate surface area is 117 Å². The summed E-state index contributed by atoms with van der Waals surface area (Å²) in [5.74, 6) is 0. The Morgan fingerprint density at radius 1 is 1.21 bits per heavy atom. The van der Waals surface area contributed by atoms with Gasteiger partial charge in [0.05, 0.1) is 31.0 Å². The zero-order valence-electron chi connectivity index (χ0n) is 10.7. The molecule has 1 aromatic carbocycles. The van der Waals surface area contributed by atoms with Gasteiger partial charge in [0.15, 0.2) is 0 Å². The molecule has 1 aromatic heterocycles. The van der Waals surface area contributed by atoms with Crippen LogP contribution in [0.2, 0.25) is 0 Å². The number of hydrogen-bond donors (Lipinski definition) is 1. The van der Waals surface area contributed by atoms with Gasteiger partial charge in [-0.05, 0) is 24.3 Å². The first kappa shape index (κ1) is 12.4. The van der Waals surface area contributed by atoms with Crippen LogP contribution in [0.1, 0.15) is 5.69 Å². The molecule has 1 fully saturated rings. The molecule has 0 bridgehead atoms. The number of anilines is 2. The van der Waals surface area contributed by atoms with Crippen molar-refractivity contribution in [3.05, 3.63) is 40.8 Å². The van der Waals surface area contributed by atoms with Crippen molar-refractivity contribution < 1.29 is 4.74 Å². The first-order valence-electron chi connectivity index (χ1n) is 6.45. The highest BCUT2D eigenvalue weighted by atomic mass is 32.1. The quantitative estimate of drug-likeness (QED) is 0.930. The van der Waals surface area contributed by atoms with Crippen LogP contribution in [0, 0.1) is 0 Å². The van der Waals surface area contributed by atoms with Gasteiger partial charge in [-0.3, -0.25) is 0 Å². The molecule has 5 heteroatoms. The minimum absolute atomic E-state index is 0.778. The summed E-state index contributed by atoms with van der Waals surface area (Å²) in [7, 11) is 0. The van der Waals surface area contributed by atoms with Crippen molar-refractivity contribution in [2.45, 2.75) is 6.54 Å². The number of ether oxygens (including phenoxy) is 1. The van der Waals surface area contributed by atoms with Crippen molar-refractivity contribution in [3.63, 3.8) is 0 Å². The maximum atomic E-state index is 5.36. The standard InChI is InChI=1S/C14H17N3OS/c1-3-14(17-5-7-18-8-6-17)4-2-12(1)15-9-13-10-19-11-16-13/h1-4,10-11,15H,5-9H2. The predicted octanol–water partition coefficient (Wildman–Crippen LogP) is 2.59. The zero-order chi connectivity index (χ0) is 12.9. The molecule has 0 radical (unpaired) electrons. The highest BCUT2D eigenvalue weighted by Gasteiger charge is 2.10. The fourth-order valence-electron chi connectivity index (χ4n) is 2.13. The molecule has 3 rings (SSSR count). The summed E-state index contributed by atoms with van der Waals surface area (Å²) in [6.45, 7) is 4.38. The van der Waals surface area contributed by atoms with Crippen molar-refractivity contribution in [2.75, 3.05) is 36.5 Å². The van der Waals surface area contributed by atoms with Crippen LogP contribution in [0.15, 0.2) is 35.2 Å². The number of hydrogen-bond acceptors (Lipinski definition) is 5. The molecule has 2 heterocycles. The minimum Gasteiger partial charge on any atom is -0.379 e. The number of aromatic nitrogens is 1. The van der Waals surface area contributed by atoms with Gasteiger partial charge >= 0.3 is 0 Å². The number of rotatable bonds is 4. The molecule has 100 valence electrons. The van der Waals surface area contributed by atoms with Crippen molar-refractivity contribution in [1.82, 2.24) is 4.98 Å². The highest BCUT2D eigenvalue weighted by Crippen LogP contribution is 2.19. The summed E-state index contributed by atoms with van der Waals surface area (Å²) in [6, 6.07) is 8.57. The lowest BCUT2D eigenvalue weighted by atomic mass is 10.2. The molecule has 1 saturated heterocycles. The number of benzene rings is 1. The molecular formula is C14H17N3OS. The second kappa shape index (κ2) is 6.04. The third kappa shape index (κ3) is 3.24. The number of thiazole rings is 1. The predicted molar refractivity (Wildman–Crippen MR) is 78.9 cm³/mol. The van der Waals surface area contributed by atoms with Crippen LogP contribution in [0.5, 0.6) is 0 Å². The van der Waals surface area contributed by atoms with E-state index in [9.17, 15) is 0 Å². The lowest BCUT2D eigenvalue weighted by molar-refractivity contribution is 0.122. The van der Waals surface area contributed by atoms with Gasteiger partial charge in [0.25, 0.3) is 0 Å². The van der Waals surface area contributed by atoms with Gasteiger partial charge in [0.1, 0.15) is 0 Å². The van der Waals surface area contributed by atoms with Crippen molar-refractivity contribution >= 4 is 22.7 Å². The van der Waals surface area contributed by atoms with Gasteiger partial charge in [-0.1, -0.05) is 0 Å². The summed E-state index contributed by atoms with van der Waals surface area (Å²) in [5, 5.41) is 5.44. The third-order valence-corrected chi connectivity index (χ3v) is 3.84. The molecule has 0 aliphatic carbocycles. The fraction of sp³-hybridized carbons (Fsp3) is 0.357. The molecule has 0 saturated carbocycles. The normalized spacial score (nSPS) is 15.5. The van der Waals surface area contributed by atoms with Gasteiger partial charge in [-0.15, -0.1) is 11.3 Å². The second-order valence-corrected chi connectivity index (χ2v) is 5.20. The van der Waals surface area contributed by atoms with Crippen LogP contribution in [0.4, 0.5) is 11.4 Å². The van der Waals surface area contributed by atoms with Crippen molar-refractivity contribution in [3.8, 4) is 0 Å². The summed E-state index contributed by atoms with van der Waals surface area (Å²) in [4.78, 5) is 6.61. The van der Waals surface area contributed by atoms with Crippen LogP contribution in [-0.2, 0) is 11.3 Å². The minimum atomic E-state index is 0.778. The van der Waals surface area contributed by atoms with E-state index < -0.39 is 0 Å². The Morgan fingerprint density at radius 3 is 2.68 bits per heavy atom.